The van der Waals surface area contributed by atoms with Gasteiger partial charge < -0.3 is 24.7 Å². The second kappa shape index (κ2) is 11.9. The summed E-state index contributed by atoms with van der Waals surface area (Å²) in [4.78, 5) is 32.7. The average Bonchev–Trinajstić information content (AvgIpc) is 2.74. The van der Waals surface area contributed by atoms with Crippen LogP contribution in [0.3, 0.4) is 0 Å². The molecule has 0 spiro atoms. The number of hydrogen-bond donors (Lipinski definition) is 1. The molecule has 2 aromatic carbocycles. The van der Waals surface area contributed by atoms with Crippen LogP contribution >= 0.6 is 0 Å². The van der Waals surface area contributed by atoms with E-state index in [2.05, 4.69) is 0 Å². The summed E-state index contributed by atoms with van der Waals surface area (Å²) in [7, 11) is 2.80. The molecule has 0 atom stereocenters. The highest BCUT2D eigenvalue weighted by Crippen LogP contribution is 2.27. The molecule has 0 aliphatic carbocycles. The van der Waals surface area contributed by atoms with Crippen molar-refractivity contribution in [3.63, 3.8) is 0 Å². The zero-order valence-corrected chi connectivity index (χ0v) is 17.2. The van der Waals surface area contributed by atoms with Gasteiger partial charge >= 0.3 is 17.6 Å². The van der Waals surface area contributed by atoms with E-state index in [1.165, 1.54) is 32.4 Å². The number of nitrogens with zero attached hydrogens (tertiary/aromatic N) is 1. The van der Waals surface area contributed by atoms with Crippen LogP contribution in [-0.4, -0.2) is 44.3 Å². The summed E-state index contributed by atoms with van der Waals surface area (Å²) in [5.74, 6) is -0.382. The van der Waals surface area contributed by atoms with Crippen molar-refractivity contribution in [3.05, 3.63) is 57.6 Å². The van der Waals surface area contributed by atoms with Crippen LogP contribution in [0.2, 0.25) is 0 Å². The number of nitro groups is 1. The molecule has 0 aliphatic heterocycles. The van der Waals surface area contributed by atoms with Crippen molar-refractivity contribution in [3.8, 4) is 11.5 Å². The summed E-state index contributed by atoms with van der Waals surface area (Å²) in [6, 6.07) is 8.62. The van der Waals surface area contributed by atoms with Gasteiger partial charge in [0.2, 0.25) is 0 Å². The molecule has 2 N–H and O–H groups in total. The van der Waals surface area contributed by atoms with Crippen molar-refractivity contribution >= 4 is 23.3 Å². The van der Waals surface area contributed by atoms with Gasteiger partial charge in [0.05, 0.1) is 49.2 Å². The lowest BCUT2D eigenvalue weighted by Gasteiger charge is -2.06. The second-order valence-corrected chi connectivity index (χ2v) is 5.54. The van der Waals surface area contributed by atoms with E-state index in [1.54, 1.807) is 32.0 Å². The van der Waals surface area contributed by atoms with Gasteiger partial charge in [0, 0.05) is 12.1 Å². The zero-order valence-electron chi connectivity index (χ0n) is 17.2. The molecule has 162 valence electrons. The lowest BCUT2D eigenvalue weighted by molar-refractivity contribution is -0.385. The maximum absolute atomic E-state index is 11.3. The fraction of sp³-hybridized carbons (Fsp3) is 0.300. The van der Waals surface area contributed by atoms with Crippen LogP contribution in [0.15, 0.2) is 36.4 Å². The van der Waals surface area contributed by atoms with Gasteiger partial charge in [-0.05, 0) is 38.1 Å². The monoisotopic (exact) mass is 420 g/mol. The number of carbonyl (C=O) groups excluding carboxylic acids is 2. The number of nitrogen functional groups attached to an aromatic ring is 1. The topological polar surface area (TPSA) is 140 Å². The molecule has 0 bridgehead atoms. The zero-order chi connectivity index (χ0) is 22.7. The van der Waals surface area contributed by atoms with Crippen LogP contribution in [0.5, 0.6) is 11.5 Å². The molecule has 0 radical (unpaired) electrons. The normalized spacial score (nSPS) is 9.60. The van der Waals surface area contributed by atoms with Gasteiger partial charge in [-0.2, -0.15) is 0 Å². The second-order valence-electron chi connectivity index (χ2n) is 5.54. The molecule has 2 aromatic rings. The summed E-state index contributed by atoms with van der Waals surface area (Å²) in [5.41, 5.74) is 6.58. The third-order valence-electron chi connectivity index (χ3n) is 3.63. The molecule has 0 saturated carbocycles. The van der Waals surface area contributed by atoms with Gasteiger partial charge in [-0.15, -0.1) is 0 Å². The maximum Gasteiger partial charge on any atom is 0.338 e. The minimum absolute atomic E-state index is 0.0375. The first kappa shape index (κ1) is 24.2. The van der Waals surface area contributed by atoms with Crippen molar-refractivity contribution in [2.45, 2.75) is 13.8 Å². The minimum Gasteiger partial charge on any atom is -0.495 e. The Morgan fingerprint density at radius 3 is 1.80 bits per heavy atom. The Morgan fingerprint density at radius 1 is 0.900 bits per heavy atom. The Labute approximate surface area is 173 Å². The summed E-state index contributed by atoms with van der Waals surface area (Å²) in [6.07, 6.45) is 0. The van der Waals surface area contributed by atoms with Gasteiger partial charge in [-0.1, -0.05) is 0 Å². The van der Waals surface area contributed by atoms with Crippen LogP contribution in [0.4, 0.5) is 11.4 Å². The summed E-state index contributed by atoms with van der Waals surface area (Å²) in [6.45, 7) is 4.04. The summed E-state index contributed by atoms with van der Waals surface area (Å²) < 4.78 is 19.4. The molecule has 10 nitrogen and oxygen atoms in total. The Hall–Kier alpha value is -3.82. The molecule has 0 aliphatic rings. The van der Waals surface area contributed by atoms with Crippen LogP contribution in [0.25, 0.3) is 0 Å². The highest BCUT2D eigenvalue weighted by Gasteiger charge is 2.17. The highest BCUT2D eigenvalue weighted by atomic mass is 16.6. The number of carbonyl (C=O) groups is 2. The fourth-order valence-corrected chi connectivity index (χ4v) is 2.22. The Balaban J connectivity index is 0.000000303. The number of benzene rings is 2. The van der Waals surface area contributed by atoms with Crippen molar-refractivity contribution in [1.29, 1.82) is 0 Å². The highest BCUT2D eigenvalue weighted by molar-refractivity contribution is 5.91. The number of nitrogens with two attached hydrogens (primary N) is 1. The molecule has 30 heavy (non-hydrogen) atoms. The first-order valence-electron chi connectivity index (χ1n) is 8.89. The van der Waals surface area contributed by atoms with Gasteiger partial charge in [-0.3, -0.25) is 10.1 Å². The van der Waals surface area contributed by atoms with E-state index in [-0.39, 0.29) is 29.6 Å². The lowest BCUT2D eigenvalue weighted by atomic mass is 10.2. The van der Waals surface area contributed by atoms with Crippen molar-refractivity contribution in [2.75, 3.05) is 33.2 Å². The molecular weight excluding hydrogens is 396 g/mol. The number of hydrogen-bond acceptors (Lipinski definition) is 9. The smallest absolute Gasteiger partial charge is 0.338 e. The van der Waals surface area contributed by atoms with Crippen LogP contribution < -0.4 is 15.2 Å². The molecule has 2 rings (SSSR count). The predicted molar refractivity (Wildman–Crippen MR) is 109 cm³/mol. The molecule has 0 aromatic heterocycles. The molecule has 0 amide bonds. The maximum atomic E-state index is 11.3. The number of nitro benzene ring substituents is 1. The first-order chi connectivity index (χ1) is 14.3. The SMILES string of the molecule is CCOC(=O)c1ccc(N)c(OC)c1.CCOC(=O)c1ccc([N+](=O)[O-])c(OC)c1. The van der Waals surface area contributed by atoms with Gasteiger partial charge in [-0.25, -0.2) is 9.59 Å². The lowest BCUT2D eigenvalue weighted by Crippen LogP contribution is -2.05. The van der Waals surface area contributed by atoms with Crippen LogP contribution in [0, 0.1) is 10.1 Å². The summed E-state index contributed by atoms with van der Waals surface area (Å²) >= 11 is 0. The number of rotatable bonds is 7. The van der Waals surface area contributed by atoms with E-state index >= 15 is 0 Å². The van der Waals surface area contributed by atoms with Crippen molar-refractivity contribution in [2.24, 2.45) is 0 Å². The molecular formula is C20H24N2O8. The van der Waals surface area contributed by atoms with E-state index < -0.39 is 10.9 Å². The number of ether oxygens (including phenoxy) is 4. The molecule has 0 fully saturated rings. The van der Waals surface area contributed by atoms with E-state index in [1.807, 2.05) is 0 Å². The molecule has 0 saturated heterocycles. The summed E-state index contributed by atoms with van der Waals surface area (Å²) in [5, 5.41) is 10.6. The van der Waals surface area contributed by atoms with E-state index in [4.69, 9.17) is 24.7 Å². The third kappa shape index (κ3) is 6.66. The molecule has 0 unspecified atom stereocenters. The average molecular weight is 420 g/mol. The van der Waals surface area contributed by atoms with E-state index in [9.17, 15) is 19.7 Å². The molecule has 10 heteroatoms. The van der Waals surface area contributed by atoms with Crippen molar-refractivity contribution in [1.82, 2.24) is 0 Å². The van der Waals surface area contributed by atoms with Gasteiger partial charge in [0.1, 0.15) is 5.75 Å². The fourth-order valence-electron chi connectivity index (χ4n) is 2.22. The van der Waals surface area contributed by atoms with Crippen LogP contribution in [0.1, 0.15) is 34.6 Å². The van der Waals surface area contributed by atoms with Gasteiger partial charge in [0.15, 0.2) is 5.75 Å². The Kier molecular flexibility index (Phi) is 9.60. The number of methoxy groups -OCH3 is 2. The minimum atomic E-state index is -0.576. The Morgan fingerprint density at radius 2 is 1.37 bits per heavy atom. The molecule has 0 heterocycles. The van der Waals surface area contributed by atoms with Crippen LogP contribution in [-0.2, 0) is 9.47 Å². The largest absolute Gasteiger partial charge is 0.495 e. The number of anilines is 1. The van der Waals surface area contributed by atoms with E-state index in [0.717, 1.165) is 0 Å². The van der Waals surface area contributed by atoms with Crippen molar-refractivity contribution < 1.29 is 33.5 Å². The Bertz CT molecular complexity index is 898. The quantitative estimate of drug-likeness (QED) is 0.309. The predicted octanol–water partition coefficient (Wildman–Crippen LogP) is 3.23. The van der Waals surface area contributed by atoms with Gasteiger partial charge in [0.25, 0.3) is 0 Å². The number of esters is 2. The van der Waals surface area contributed by atoms with E-state index in [0.29, 0.717) is 23.6 Å². The standard InChI is InChI=1S/C10H11NO5.C10H13NO3/c1-3-16-10(12)7-4-5-8(11(13)14)9(6-7)15-2;1-3-14-10(12)7-4-5-8(11)9(6-7)13-2/h4-6H,3H2,1-2H3;4-6H,3,11H2,1-2H3. The third-order valence-corrected chi connectivity index (χ3v) is 3.63. The first-order valence-corrected chi connectivity index (χ1v) is 8.89.